The Labute approximate surface area is 130 Å². The number of imidazole rings is 1. The summed E-state index contributed by atoms with van der Waals surface area (Å²) >= 11 is 1.33. The Morgan fingerprint density at radius 2 is 2.18 bits per heavy atom. The van der Waals surface area contributed by atoms with Crippen LogP contribution in [0.4, 0.5) is 5.82 Å². The van der Waals surface area contributed by atoms with Crippen LogP contribution in [0.2, 0.25) is 0 Å². The zero-order chi connectivity index (χ0) is 15.7. The number of aliphatic hydroxyl groups is 2. The summed E-state index contributed by atoms with van der Waals surface area (Å²) in [5, 5.41) is 23.2. The van der Waals surface area contributed by atoms with Crippen LogP contribution in [0.5, 0.6) is 0 Å². The molecule has 0 amide bonds. The van der Waals surface area contributed by atoms with Gasteiger partial charge in [0, 0.05) is 5.75 Å². The van der Waals surface area contributed by atoms with Gasteiger partial charge in [0.25, 0.3) is 0 Å². The molecule has 1 aliphatic heterocycles. The van der Waals surface area contributed by atoms with E-state index in [1.54, 1.807) is 11.5 Å². The summed E-state index contributed by atoms with van der Waals surface area (Å²) in [6, 6.07) is 0. The number of fused-ring (bicyclic) bond motifs is 1. The maximum Gasteiger partial charge on any atom is 0.167 e. The molecule has 2 aromatic heterocycles. The van der Waals surface area contributed by atoms with Crippen molar-refractivity contribution in [1.82, 2.24) is 19.5 Å². The number of nitrogens with zero attached hydrogens (tertiary/aromatic N) is 4. The van der Waals surface area contributed by atoms with E-state index in [2.05, 4.69) is 26.1 Å². The van der Waals surface area contributed by atoms with Crippen LogP contribution in [0.15, 0.2) is 12.7 Å². The summed E-state index contributed by atoms with van der Waals surface area (Å²) in [6.45, 7) is 1.73. The largest absolute Gasteiger partial charge is 0.387 e. The summed E-state index contributed by atoms with van der Waals surface area (Å²) in [5.41, 5.74) is 6.62. The zero-order valence-electron chi connectivity index (χ0n) is 11.7. The van der Waals surface area contributed by atoms with Crippen molar-refractivity contribution in [2.24, 2.45) is 0 Å². The number of aromatic nitrogens is 4. The average Bonchev–Trinajstić information content (AvgIpc) is 3.05. The van der Waals surface area contributed by atoms with E-state index >= 15 is 0 Å². The van der Waals surface area contributed by atoms with Crippen molar-refractivity contribution < 1.29 is 14.9 Å². The molecule has 116 valence electrons. The van der Waals surface area contributed by atoms with Crippen LogP contribution in [0.3, 0.4) is 0 Å². The Kier molecular flexibility index (Phi) is 4.17. The van der Waals surface area contributed by atoms with E-state index in [4.69, 9.17) is 10.5 Å². The lowest BCUT2D eigenvalue weighted by atomic mass is 10.1. The molecule has 4 N–H and O–H groups in total. The van der Waals surface area contributed by atoms with Crippen molar-refractivity contribution in [1.29, 1.82) is 0 Å². The molecule has 0 radical (unpaired) electrons. The van der Waals surface area contributed by atoms with E-state index in [0.29, 0.717) is 16.9 Å². The molecule has 0 aromatic carbocycles. The summed E-state index contributed by atoms with van der Waals surface area (Å²) in [7, 11) is 0. The third-order valence-corrected chi connectivity index (χ3v) is 4.26. The first-order chi connectivity index (χ1) is 10.6. The fourth-order valence-corrected chi connectivity index (χ4v) is 3.02. The highest BCUT2D eigenvalue weighted by atomic mass is 32.2. The Balaban J connectivity index is 1.87. The number of hydrogen-bond acceptors (Lipinski definition) is 8. The maximum atomic E-state index is 10.2. The number of aliphatic hydroxyl groups excluding tert-OH is 2. The molecule has 9 heteroatoms. The number of nitrogens with two attached hydrogens (primary N) is 1. The van der Waals surface area contributed by atoms with Gasteiger partial charge in [-0.15, -0.1) is 0 Å². The molecule has 0 saturated carbocycles. The number of hydrogen-bond donors (Lipinski definition) is 3. The third kappa shape index (κ3) is 2.50. The number of nitrogen functional groups attached to an aromatic ring is 1. The molecule has 0 bridgehead atoms. The maximum absolute atomic E-state index is 10.2. The van der Waals surface area contributed by atoms with Crippen molar-refractivity contribution in [3.63, 3.8) is 0 Å². The highest BCUT2D eigenvalue weighted by Crippen LogP contribution is 2.33. The Hall–Kier alpha value is -1.86. The third-order valence-electron chi connectivity index (χ3n) is 3.42. The highest BCUT2D eigenvalue weighted by molar-refractivity contribution is 8.03. The van der Waals surface area contributed by atoms with Gasteiger partial charge in [-0.1, -0.05) is 17.7 Å². The molecular weight excluding hydrogens is 306 g/mol. The van der Waals surface area contributed by atoms with Gasteiger partial charge >= 0.3 is 0 Å². The second-order valence-corrected chi connectivity index (χ2v) is 5.62. The second-order valence-electron chi connectivity index (χ2n) is 4.79. The second kappa shape index (κ2) is 6.10. The van der Waals surface area contributed by atoms with Crippen molar-refractivity contribution >= 4 is 28.7 Å². The summed E-state index contributed by atoms with van der Waals surface area (Å²) in [4.78, 5) is 12.1. The van der Waals surface area contributed by atoms with Crippen molar-refractivity contribution in [3.05, 3.63) is 12.7 Å². The van der Waals surface area contributed by atoms with Gasteiger partial charge < -0.3 is 20.7 Å². The molecule has 0 spiro atoms. The Morgan fingerprint density at radius 3 is 2.95 bits per heavy atom. The van der Waals surface area contributed by atoms with Crippen LogP contribution in [0, 0.1) is 11.2 Å². The monoisotopic (exact) mass is 321 g/mol. The zero-order valence-corrected chi connectivity index (χ0v) is 12.6. The molecule has 1 fully saturated rings. The minimum Gasteiger partial charge on any atom is -0.387 e. The van der Waals surface area contributed by atoms with E-state index in [9.17, 15) is 10.2 Å². The van der Waals surface area contributed by atoms with Crippen molar-refractivity contribution in [3.8, 4) is 11.2 Å². The highest BCUT2D eigenvalue weighted by Gasteiger charge is 2.44. The number of ether oxygens (including phenoxy) is 1. The van der Waals surface area contributed by atoms with Crippen LogP contribution in [0.1, 0.15) is 13.2 Å². The van der Waals surface area contributed by atoms with Gasteiger partial charge in [0.05, 0.1) is 12.4 Å². The van der Waals surface area contributed by atoms with Crippen LogP contribution in [-0.2, 0) is 4.74 Å². The van der Waals surface area contributed by atoms with E-state index in [-0.39, 0.29) is 5.82 Å². The number of rotatable bonds is 3. The summed E-state index contributed by atoms with van der Waals surface area (Å²) in [6.07, 6.45) is -0.617. The average molecular weight is 321 g/mol. The smallest absolute Gasteiger partial charge is 0.167 e. The predicted octanol–water partition coefficient (Wildman–Crippen LogP) is -0.258. The minimum atomic E-state index is -1.09. The Morgan fingerprint density at radius 1 is 1.36 bits per heavy atom. The van der Waals surface area contributed by atoms with Gasteiger partial charge in [-0.25, -0.2) is 15.0 Å². The first kappa shape index (κ1) is 15.1. The normalized spacial score (nSPS) is 27.8. The molecule has 0 aliphatic carbocycles. The predicted molar refractivity (Wildman–Crippen MR) is 81.6 cm³/mol. The van der Waals surface area contributed by atoms with Gasteiger partial charge in [0.2, 0.25) is 0 Å². The van der Waals surface area contributed by atoms with Crippen LogP contribution < -0.4 is 5.73 Å². The standard InChI is InChI=1S/C13H15N5O3S/c1-2-3-22-4-7-9(19)10(20)13(21-7)18-6-17-8-11(14)15-5-16-12(8)18/h5-7,9-10,13,19-20H,4H2,1H3,(H2,14,15,16)/t7-,9-,10-,13-/m1/s1. The van der Waals surface area contributed by atoms with E-state index < -0.39 is 24.5 Å². The van der Waals surface area contributed by atoms with E-state index in [1.165, 1.54) is 24.4 Å². The van der Waals surface area contributed by atoms with Gasteiger partial charge in [-0.3, -0.25) is 4.57 Å². The lowest BCUT2D eigenvalue weighted by molar-refractivity contribution is -0.0288. The molecule has 4 atom stereocenters. The first-order valence-electron chi connectivity index (χ1n) is 6.61. The van der Waals surface area contributed by atoms with Gasteiger partial charge in [-0.05, 0) is 12.2 Å². The van der Waals surface area contributed by atoms with Gasteiger partial charge in [0.1, 0.15) is 24.1 Å². The molecular formula is C13H15N5O3S. The lowest BCUT2D eigenvalue weighted by Gasteiger charge is -2.16. The van der Waals surface area contributed by atoms with E-state index in [1.807, 2.05) is 0 Å². The molecule has 1 aliphatic rings. The van der Waals surface area contributed by atoms with Crippen LogP contribution in [-0.4, -0.2) is 53.8 Å². The van der Waals surface area contributed by atoms with Crippen LogP contribution >= 0.6 is 11.8 Å². The topological polar surface area (TPSA) is 119 Å². The van der Waals surface area contributed by atoms with Crippen molar-refractivity contribution in [2.45, 2.75) is 31.5 Å². The lowest BCUT2D eigenvalue weighted by Crippen LogP contribution is -2.32. The molecule has 8 nitrogen and oxygen atoms in total. The fraction of sp³-hybridized carbons (Fsp3) is 0.462. The van der Waals surface area contributed by atoms with Crippen LogP contribution in [0.25, 0.3) is 11.2 Å². The van der Waals surface area contributed by atoms with Gasteiger partial charge in [-0.2, -0.15) is 0 Å². The molecule has 3 rings (SSSR count). The SMILES string of the molecule is CC#CSC[C@H]1O[C@@H](n2cnc3c(N)ncnc32)[C@H](O)[C@@H]1O. The van der Waals surface area contributed by atoms with Crippen molar-refractivity contribution in [2.75, 3.05) is 11.5 Å². The van der Waals surface area contributed by atoms with E-state index in [0.717, 1.165) is 0 Å². The quantitative estimate of drug-likeness (QED) is 0.662. The van der Waals surface area contributed by atoms with Gasteiger partial charge in [0.15, 0.2) is 17.7 Å². The molecule has 1 saturated heterocycles. The fourth-order valence-electron chi connectivity index (χ4n) is 2.35. The molecule has 3 heterocycles. The molecule has 2 aromatic rings. The summed E-state index contributed by atoms with van der Waals surface area (Å²) in [5.74, 6) is 3.46. The number of anilines is 1. The molecule has 0 unspecified atom stereocenters. The summed E-state index contributed by atoms with van der Waals surface area (Å²) < 4.78 is 7.31. The Bertz CT molecular complexity index is 740. The first-order valence-corrected chi connectivity index (χ1v) is 7.60. The number of thioether (sulfide) groups is 1. The minimum absolute atomic E-state index is 0.252. The molecule has 22 heavy (non-hydrogen) atoms.